The first-order valence-electron chi connectivity index (χ1n) is 5.09. The van der Waals surface area contributed by atoms with Gasteiger partial charge in [0.25, 0.3) is 0 Å². The van der Waals surface area contributed by atoms with Crippen LogP contribution in [0.1, 0.15) is 13.8 Å². The Morgan fingerprint density at radius 1 is 0.824 bits per heavy atom. The van der Waals surface area contributed by atoms with Gasteiger partial charge in [0.05, 0.1) is 0 Å². The van der Waals surface area contributed by atoms with E-state index in [2.05, 4.69) is 13.2 Å². The van der Waals surface area contributed by atoms with Crippen molar-refractivity contribution in [2.75, 3.05) is 26.4 Å². The predicted molar refractivity (Wildman–Crippen MR) is 62.4 cm³/mol. The van der Waals surface area contributed by atoms with Crippen LogP contribution in [0.3, 0.4) is 0 Å². The average molecular weight is 242 g/mol. The van der Waals surface area contributed by atoms with E-state index in [1.54, 1.807) is 13.8 Å². The minimum absolute atomic E-state index is 0.155. The lowest BCUT2D eigenvalue weighted by molar-refractivity contribution is -0.154. The van der Waals surface area contributed by atoms with E-state index < -0.39 is 11.9 Å². The highest BCUT2D eigenvalue weighted by Gasteiger charge is 2.07. The monoisotopic (exact) mass is 242 g/mol. The highest BCUT2D eigenvalue weighted by Crippen LogP contribution is 1.92. The number of esters is 2. The van der Waals surface area contributed by atoms with Gasteiger partial charge in [0.15, 0.2) is 0 Å². The number of ether oxygens (including phenoxy) is 3. The zero-order chi connectivity index (χ0) is 13.3. The maximum Gasteiger partial charge on any atom is 0.332 e. The number of carbonyl (C=O) groups is 2. The number of rotatable bonds is 8. The molecule has 17 heavy (non-hydrogen) atoms. The molecule has 0 spiro atoms. The van der Waals surface area contributed by atoms with Gasteiger partial charge in [-0.1, -0.05) is 13.2 Å². The molecule has 0 bridgehead atoms. The average Bonchev–Trinajstić information content (AvgIpc) is 2.23. The predicted octanol–water partition coefficient (Wildman–Crippen LogP) is 1.24. The zero-order valence-corrected chi connectivity index (χ0v) is 10.3. The Balaban J connectivity index is 3.55. The second-order valence-corrected chi connectivity index (χ2v) is 3.73. The molecule has 0 aromatic rings. The summed E-state index contributed by atoms with van der Waals surface area (Å²) in [6, 6.07) is 0. The van der Waals surface area contributed by atoms with Crippen molar-refractivity contribution in [2.24, 2.45) is 0 Å². The van der Waals surface area contributed by atoms with Crippen molar-refractivity contribution in [2.45, 2.75) is 13.8 Å². The van der Waals surface area contributed by atoms with Crippen LogP contribution in [0.2, 0.25) is 0 Å². The lowest BCUT2D eigenvalue weighted by Crippen LogP contribution is -2.19. The summed E-state index contributed by atoms with van der Waals surface area (Å²) in [5, 5.41) is 0. The Morgan fingerprint density at radius 3 is 1.47 bits per heavy atom. The van der Waals surface area contributed by atoms with Gasteiger partial charge in [-0.2, -0.15) is 0 Å². The highest BCUT2D eigenvalue weighted by molar-refractivity contribution is 5.73. The maximum absolute atomic E-state index is 11.0. The standard InChI is InChI=1S/C12H18O5/c1-9(2)5-16-11(13)7-15-8-12(14)17-6-10(3)4/h1,3,5-8H2,2,4H3. The van der Waals surface area contributed by atoms with E-state index in [0.717, 1.165) is 11.1 Å². The summed E-state index contributed by atoms with van der Waals surface area (Å²) in [4.78, 5) is 22.1. The lowest BCUT2D eigenvalue weighted by atomic mass is 10.4. The molecule has 0 heterocycles. The fraction of sp³-hybridized carbons (Fsp3) is 0.500. The highest BCUT2D eigenvalue weighted by atomic mass is 16.6. The molecule has 96 valence electrons. The number of hydrogen-bond acceptors (Lipinski definition) is 5. The van der Waals surface area contributed by atoms with Crippen molar-refractivity contribution in [1.82, 2.24) is 0 Å². The molecule has 0 aromatic heterocycles. The van der Waals surface area contributed by atoms with E-state index in [9.17, 15) is 9.59 Å². The van der Waals surface area contributed by atoms with Gasteiger partial charge in [-0.05, 0) is 25.0 Å². The molecule has 0 amide bonds. The molecule has 5 nitrogen and oxygen atoms in total. The van der Waals surface area contributed by atoms with Crippen LogP contribution in [0.15, 0.2) is 24.3 Å². The summed E-state index contributed by atoms with van der Waals surface area (Å²) < 4.78 is 14.3. The molecule has 0 aliphatic heterocycles. The number of carbonyl (C=O) groups excluding carboxylic acids is 2. The first-order valence-corrected chi connectivity index (χ1v) is 5.09. The molecule has 0 unspecified atom stereocenters. The van der Waals surface area contributed by atoms with Gasteiger partial charge >= 0.3 is 11.9 Å². The summed E-state index contributed by atoms with van der Waals surface area (Å²) in [5.74, 6) is -1.08. The molecule has 0 saturated heterocycles. The Hall–Kier alpha value is -1.62. The van der Waals surface area contributed by atoms with Gasteiger partial charge in [0.2, 0.25) is 0 Å². The van der Waals surface area contributed by atoms with Crippen molar-refractivity contribution < 1.29 is 23.8 Å². The third-order valence-electron chi connectivity index (χ3n) is 1.40. The van der Waals surface area contributed by atoms with E-state index in [4.69, 9.17) is 14.2 Å². The second kappa shape index (κ2) is 8.52. The van der Waals surface area contributed by atoms with Gasteiger partial charge in [0.1, 0.15) is 26.4 Å². The number of hydrogen-bond donors (Lipinski definition) is 0. The molecule has 5 heteroatoms. The van der Waals surface area contributed by atoms with Crippen molar-refractivity contribution in [3.05, 3.63) is 24.3 Å². The van der Waals surface area contributed by atoms with Crippen molar-refractivity contribution in [1.29, 1.82) is 0 Å². The quantitative estimate of drug-likeness (QED) is 0.473. The van der Waals surface area contributed by atoms with E-state index in [1.165, 1.54) is 0 Å². The molecule has 0 rings (SSSR count). The molecular formula is C12H18O5. The summed E-state index contributed by atoms with van der Waals surface area (Å²) in [6.07, 6.45) is 0. The normalized spacial score (nSPS) is 9.53. The minimum atomic E-state index is -0.541. The van der Waals surface area contributed by atoms with Gasteiger partial charge < -0.3 is 14.2 Å². The molecule has 0 atom stereocenters. The fourth-order valence-electron chi connectivity index (χ4n) is 0.708. The van der Waals surface area contributed by atoms with Crippen molar-refractivity contribution in [3.63, 3.8) is 0 Å². The van der Waals surface area contributed by atoms with E-state index in [-0.39, 0.29) is 26.4 Å². The first-order chi connectivity index (χ1) is 7.91. The molecule has 0 fully saturated rings. The summed E-state index contributed by atoms with van der Waals surface area (Å²) in [7, 11) is 0. The molecular weight excluding hydrogens is 224 g/mol. The van der Waals surface area contributed by atoms with Crippen LogP contribution in [0, 0.1) is 0 Å². The van der Waals surface area contributed by atoms with Gasteiger partial charge in [-0.25, -0.2) is 9.59 Å². The molecule has 0 N–H and O–H groups in total. The van der Waals surface area contributed by atoms with Crippen LogP contribution in [-0.4, -0.2) is 38.4 Å². The van der Waals surface area contributed by atoms with Crippen LogP contribution in [0.5, 0.6) is 0 Å². The van der Waals surface area contributed by atoms with E-state index >= 15 is 0 Å². The van der Waals surface area contributed by atoms with Crippen LogP contribution in [0.25, 0.3) is 0 Å². The third-order valence-corrected chi connectivity index (χ3v) is 1.40. The fourth-order valence-corrected chi connectivity index (χ4v) is 0.708. The van der Waals surface area contributed by atoms with Crippen LogP contribution < -0.4 is 0 Å². The third kappa shape index (κ3) is 10.7. The van der Waals surface area contributed by atoms with E-state index in [0.29, 0.717) is 0 Å². The summed E-state index contributed by atoms with van der Waals surface area (Å²) >= 11 is 0. The van der Waals surface area contributed by atoms with Crippen LogP contribution in [-0.2, 0) is 23.8 Å². The molecule has 0 aromatic carbocycles. The smallest absolute Gasteiger partial charge is 0.332 e. The Bertz CT molecular complexity index is 276. The Morgan fingerprint density at radius 2 is 1.18 bits per heavy atom. The molecule has 0 aliphatic rings. The lowest BCUT2D eigenvalue weighted by Gasteiger charge is -2.06. The second-order valence-electron chi connectivity index (χ2n) is 3.73. The molecule has 0 aliphatic carbocycles. The minimum Gasteiger partial charge on any atom is -0.459 e. The van der Waals surface area contributed by atoms with E-state index in [1.807, 2.05) is 0 Å². The molecule has 0 saturated carbocycles. The summed E-state index contributed by atoms with van der Waals surface area (Å²) in [5.41, 5.74) is 1.47. The van der Waals surface area contributed by atoms with Gasteiger partial charge in [0, 0.05) is 0 Å². The van der Waals surface area contributed by atoms with Crippen molar-refractivity contribution in [3.8, 4) is 0 Å². The topological polar surface area (TPSA) is 61.8 Å². The van der Waals surface area contributed by atoms with Crippen molar-refractivity contribution >= 4 is 11.9 Å². The molecule has 0 radical (unpaired) electrons. The van der Waals surface area contributed by atoms with Crippen LogP contribution >= 0.6 is 0 Å². The maximum atomic E-state index is 11.0. The van der Waals surface area contributed by atoms with Crippen LogP contribution in [0.4, 0.5) is 0 Å². The first kappa shape index (κ1) is 15.4. The Labute approximate surface area is 101 Å². The Kier molecular flexibility index (Phi) is 7.71. The SMILES string of the molecule is C=C(C)COC(=O)COCC(=O)OCC(=C)C. The summed E-state index contributed by atoms with van der Waals surface area (Å²) in [6.45, 7) is 10.4. The van der Waals surface area contributed by atoms with Gasteiger partial charge in [-0.3, -0.25) is 0 Å². The zero-order valence-electron chi connectivity index (χ0n) is 10.3. The largest absolute Gasteiger partial charge is 0.459 e. The van der Waals surface area contributed by atoms with Gasteiger partial charge in [-0.15, -0.1) is 0 Å².